The van der Waals surface area contributed by atoms with Crippen LogP contribution in [0.4, 0.5) is 0 Å². The summed E-state index contributed by atoms with van der Waals surface area (Å²) < 4.78 is 4.97. The van der Waals surface area contributed by atoms with E-state index < -0.39 is 6.10 Å². The van der Waals surface area contributed by atoms with Crippen LogP contribution in [0.5, 0.6) is 0 Å². The molecular weight excluding hydrogens is 192 g/mol. The van der Waals surface area contributed by atoms with Crippen molar-refractivity contribution in [2.45, 2.75) is 26.4 Å². The number of carbonyl (C=O) groups is 1. The molecule has 1 atom stereocenters. The Kier molecular flexibility index (Phi) is 4.31. The maximum absolute atomic E-state index is 11.6. The molecule has 0 aliphatic carbocycles. The fourth-order valence-corrected chi connectivity index (χ4v) is 1.17. The van der Waals surface area contributed by atoms with Gasteiger partial charge in [-0.25, -0.2) is 4.79 Å². The van der Waals surface area contributed by atoms with E-state index in [1.165, 1.54) is 0 Å². The zero-order valence-corrected chi connectivity index (χ0v) is 9.06. The average molecular weight is 208 g/mol. The van der Waals surface area contributed by atoms with Crippen molar-refractivity contribution in [3.63, 3.8) is 0 Å². The van der Waals surface area contributed by atoms with Crippen molar-refractivity contribution < 1.29 is 14.6 Å². The van der Waals surface area contributed by atoms with Gasteiger partial charge in [-0.15, -0.1) is 0 Å². The zero-order chi connectivity index (χ0) is 11.3. The normalized spacial score (nSPS) is 12.2. The molecule has 1 aromatic carbocycles. The molecule has 1 rings (SSSR count). The van der Waals surface area contributed by atoms with Crippen molar-refractivity contribution in [2.75, 3.05) is 6.61 Å². The van der Waals surface area contributed by atoms with E-state index in [1.807, 2.05) is 26.0 Å². The predicted molar refractivity (Wildman–Crippen MR) is 57.8 cm³/mol. The molecule has 0 fully saturated rings. The molecule has 0 unspecified atom stereocenters. The number of aliphatic hydroxyl groups excluding tert-OH is 1. The summed E-state index contributed by atoms with van der Waals surface area (Å²) in [6, 6.07) is 7.23. The topological polar surface area (TPSA) is 46.5 Å². The standard InChI is InChI=1S/C12H16O3/c1-3-10(13)8-15-12(14)11-7-5-4-6-9(11)2/h4-7,10,13H,3,8H2,1-2H3/t10-/m1/s1. The summed E-state index contributed by atoms with van der Waals surface area (Å²) in [4.78, 5) is 11.6. The Morgan fingerprint density at radius 3 is 2.73 bits per heavy atom. The number of benzene rings is 1. The maximum atomic E-state index is 11.6. The van der Waals surface area contributed by atoms with Crippen LogP contribution in [0.3, 0.4) is 0 Å². The number of aryl methyl sites for hydroxylation is 1. The minimum Gasteiger partial charge on any atom is -0.459 e. The van der Waals surface area contributed by atoms with Gasteiger partial charge in [0.05, 0.1) is 11.7 Å². The van der Waals surface area contributed by atoms with Gasteiger partial charge >= 0.3 is 5.97 Å². The van der Waals surface area contributed by atoms with Crippen molar-refractivity contribution in [1.82, 2.24) is 0 Å². The van der Waals surface area contributed by atoms with Crippen LogP contribution >= 0.6 is 0 Å². The van der Waals surface area contributed by atoms with Crippen molar-refractivity contribution in [3.8, 4) is 0 Å². The van der Waals surface area contributed by atoms with Crippen LogP contribution in [0.2, 0.25) is 0 Å². The van der Waals surface area contributed by atoms with Gasteiger partial charge in [0.25, 0.3) is 0 Å². The van der Waals surface area contributed by atoms with Crippen LogP contribution in [0.25, 0.3) is 0 Å². The van der Waals surface area contributed by atoms with Crippen LogP contribution in [-0.4, -0.2) is 23.8 Å². The highest BCUT2D eigenvalue weighted by Gasteiger charge is 2.11. The molecule has 0 amide bonds. The fourth-order valence-electron chi connectivity index (χ4n) is 1.17. The number of carbonyl (C=O) groups excluding carboxylic acids is 1. The van der Waals surface area contributed by atoms with Crippen LogP contribution in [0.15, 0.2) is 24.3 Å². The van der Waals surface area contributed by atoms with Crippen molar-refractivity contribution in [1.29, 1.82) is 0 Å². The number of hydrogen-bond acceptors (Lipinski definition) is 3. The fraction of sp³-hybridized carbons (Fsp3) is 0.417. The molecule has 0 aliphatic heterocycles. The summed E-state index contributed by atoms with van der Waals surface area (Å²) in [6.07, 6.45) is 0.0131. The lowest BCUT2D eigenvalue weighted by molar-refractivity contribution is 0.0249. The van der Waals surface area contributed by atoms with Gasteiger partial charge in [-0.3, -0.25) is 0 Å². The van der Waals surface area contributed by atoms with Gasteiger partial charge in [-0.05, 0) is 25.0 Å². The van der Waals surface area contributed by atoms with Crippen LogP contribution in [0.1, 0.15) is 29.3 Å². The molecule has 0 saturated carbocycles. The monoisotopic (exact) mass is 208 g/mol. The molecule has 0 aliphatic rings. The molecule has 82 valence electrons. The molecule has 1 aromatic rings. The first-order valence-electron chi connectivity index (χ1n) is 5.06. The van der Waals surface area contributed by atoms with E-state index in [0.717, 1.165) is 5.56 Å². The Labute approximate surface area is 89.7 Å². The maximum Gasteiger partial charge on any atom is 0.338 e. The highest BCUT2D eigenvalue weighted by Crippen LogP contribution is 2.08. The van der Waals surface area contributed by atoms with E-state index in [1.54, 1.807) is 12.1 Å². The third kappa shape index (κ3) is 3.36. The minimum absolute atomic E-state index is 0.0592. The Morgan fingerprint density at radius 2 is 2.13 bits per heavy atom. The van der Waals surface area contributed by atoms with Crippen LogP contribution in [0, 0.1) is 6.92 Å². The molecule has 1 N–H and O–H groups in total. The minimum atomic E-state index is -0.571. The summed E-state index contributed by atoms with van der Waals surface area (Å²) in [5, 5.41) is 9.25. The Morgan fingerprint density at radius 1 is 1.47 bits per heavy atom. The van der Waals surface area contributed by atoms with E-state index >= 15 is 0 Å². The SMILES string of the molecule is CC[C@@H](O)COC(=O)c1ccccc1C. The number of aliphatic hydroxyl groups is 1. The molecule has 3 nitrogen and oxygen atoms in total. The van der Waals surface area contributed by atoms with Crippen LogP contribution in [-0.2, 0) is 4.74 Å². The van der Waals surface area contributed by atoms with E-state index in [0.29, 0.717) is 12.0 Å². The molecule has 0 spiro atoms. The van der Waals surface area contributed by atoms with Gasteiger partial charge in [0, 0.05) is 0 Å². The van der Waals surface area contributed by atoms with E-state index in [4.69, 9.17) is 4.74 Å². The second-order valence-electron chi connectivity index (χ2n) is 3.48. The smallest absolute Gasteiger partial charge is 0.338 e. The Balaban J connectivity index is 2.58. The van der Waals surface area contributed by atoms with Crippen molar-refractivity contribution in [2.24, 2.45) is 0 Å². The lowest BCUT2D eigenvalue weighted by Gasteiger charge is -2.09. The van der Waals surface area contributed by atoms with Gasteiger partial charge in [0.2, 0.25) is 0 Å². The molecular formula is C12H16O3. The molecule has 0 heterocycles. The molecule has 0 radical (unpaired) electrons. The Hall–Kier alpha value is -1.35. The third-order valence-electron chi connectivity index (χ3n) is 2.24. The molecule has 0 bridgehead atoms. The number of rotatable bonds is 4. The first-order valence-corrected chi connectivity index (χ1v) is 5.06. The Bertz CT molecular complexity index is 333. The lowest BCUT2D eigenvalue weighted by Crippen LogP contribution is -2.18. The van der Waals surface area contributed by atoms with Gasteiger partial charge < -0.3 is 9.84 Å². The van der Waals surface area contributed by atoms with Gasteiger partial charge in [0.15, 0.2) is 0 Å². The number of ether oxygens (including phenoxy) is 1. The summed E-state index contributed by atoms with van der Waals surface area (Å²) in [7, 11) is 0. The van der Waals surface area contributed by atoms with Gasteiger partial charge in [-0.2, -0.15) is 0 Å². The quantitative estimate of drug-likeness (QED) is 0.769. The summed E-state index contributed by atoms with van der Waals surface area (Å²) >= 11 is 0. The predicted octanol–water partition coefficient (Wildman–Crippen LogP) is 1.92. The molecule has 15 heavy (non-hydrogen) atoms. The third-order valence-corrected chi connectivity index (χ3v) is 2.24. The van der Waals surface area contributed by atoms with Gasteiger partial charge in [0.1, 0.15) is 6.61 Å². The van der Waals surface area contributed by atoms with Crippen LogP contribution < -0.4 is 0 Å². The average Bonchev–Trinajstić information content (AvgIpc) is 2.26. The highest BCUT2D eigenvalue weighted by atomic mass is 16.5. The highest BCUT2D eigenvalue weighted by molar-refractivity contribution is 5.90. The zero-order valence-electron chi connectivity index (χ0n) is 9.06. The second-order valence-corrected chi connectivity index (χ2v) is 3.48. The summed E-state index contributed by atoms with van der Waals surface area (Å²) in [5.41, 5.74) is 1.44. The molecule has 3 heteroatoms. The lowest BCUT2D eigenvalue weighted by atomic mass is 10.1. The van der Waals surface area contributed by atoms with Crippen molar-refractivity contribution in [3.05, 3.63) is 35.4 Å². The first-order chi connectivity index (χ1) is 7.15. The van der Waals surface area contributed by atoms with E-state index in [2.05, 4.69) is 0 Å². The molecule has 0 aromatic heterocycles. The number of esters is 1. The van der Waals surface area contributed by atoms with Gasteiger partial charge in [-0.1, -0.05) is 25.1 Å². The number of hydrogen-bond donors (Lipinski definition) is 1. The van der Waals surface area contributed by atoms with E-state index in [9.17, 15) is 9.90 Å². The second kappa shape index (κ2) is 5.51. The summed E-state index contributed by atoms with van der Waals surface area (Å²) in [6.45, 7) is 3.75. The molecule has 0 saturated heterocycles. The summed E-state index contributed by atoms with van der Waals surface area (Å²) in [5.74, 6) is -0.374. The van der Waals surface area contributed by atoms with Crippen molar-refractivity contribution >= 4 is 5.97 Å². The largest absolute Gasteiger partial charge is 0.459 e. The van der Waals surface area contributed by atoms with E-state index in [-0.39, 0.29) is 12.6 Å². The first kappa shape index (κ1) is 11.7.